The Hall–Kier alpha value is -2.42. The Labute approximate surface area is 144 Å². The van der Waals surface area contributed by atoms with Crippen LogP contribution in [-0.2, 0) is 17.6 Å². The Kier molecular flexibility index (Phi) is 5.91. The second kappa shape index (κ2) is 7.91. The maximum absolute atomic E-state index is 12.1. The zero-order chi connectivity index (χ0) is 17.7. The van der Waals surface area contributed by atoms with Crippen LogP contribution in [0.4, 0.5) is 0 Å². The zero-order valence-corrected chi connectivity index (χ0v) is 15.1. The van der Waals surface area contributed by atoms with Gasteiger partial charge < -0.3 is 4.74 Å². The van der Waals surface area contributed by atoms with Crippen LogP contribution in [0.5, 0.6) is 0 Å². The Morgan fingerprint density at radius 3 is 2.33 bits per heavy atom. The lowest BCUT2D eigenvalue weighted by atomic mass is 9.93. The first-order chi connectivity index (χ1) is 11.6. The molecule has 2 aromatic rings. The average Bonchev–Trinajstić information content (AvgIpc) is 2.60. The summed E-state index contributed by atoms with van der Waals surface area (Å²) in [5, 5.41) is 0. The summed E-state index contributed by atoms with van der Waals surface area (Å²) in [4.78, 5) is 16.9. The summed E-state index contributed by atoms with van der Waals surface area (Å²) in [6.45, 7) is 8.16. The molecular weight excluding hydrogens is 298 g/mol. The van der Waals surface area contributed by atoms with E-state index < -0.39 is 0 Å². The molecule has 2 rings (SSSR count). The van der Waals surface area contributed by atoms with Crippen LogP contribution >= 0.6 is 0 Å². The number of nitrogens with zero attached hydrogens (tertiary/aromatic N) is 1. The van der Waals surface area contributed by atoms with E-state index in [-0.39, 0.29) is 5.97 Å². The summed E-state index contributed by atoms with van der Waals surface area (Å²) >= 11 is 0. The molecule has 0 fully saturated rings. The first kappa shape index (κ1) is 17.9. The zero-order valence-electron chi connectivity index (χ0n) is 15.1. The van der Waals surface area contributed by atoms with Crippen molar-refractivity contribution in [1.29, 1.82) is 0 Å². The summed E-state index contributed by atoms with van der Waals surface area (Å²) in [7, 11) is 1.40. The minimum Gasteiger partial charge on any atom is -0.465 e. The first-order valence-electron chi connectivity index (χ1n) is 8.41. The maximum Gasteiger partial charge on any atom is 0.340 e. The van der Waals surface area contributed by atoms with Gasteiger partial charge in [0.1, 0.15) is 0 Å². The summed E-state index contributed by atoms with van der Waals surface area (Å²) in [5.41, 5.74) is 6.74. The van der Waals surface area contributed by atoms with Crippen molar-refractivity contribution < 1.29 is 9.53 Å². The minimum atomic E-state index is -0.348. The van der Waals surface area contributed by atoms with Gasteiger partial charge in [0.05, 0.1) is 24.1 Å². The fraction of sp³-hybridized carbons (Fsp3) is 0.333. The molecule has 0 bridgehead atoms. The van der Waals surface area contributed by atoms with Gasteiger partial charge in [0.15, 0.2) is 0 Å². The van der Waals surface area contributed by atoms with Crippen molar-refractivity contribution in [3.05, 3.63) is 58.3 Å². The summed E-state index contributed by atoms with van der Waals surface area (Å²) in [6.07, 6.45) is 5.65. The van der Waals surface area contributed by atoms with Crippen molar-refractivity contribution >= 4 is 12.0 Å². The minimum absolute atomic E-state index is 0.348. The number of methoxy groups -OCH3 is 1. The molecule has 3 nitrogen and oxygen atoms in total. The number of esters is 1. The molecule has 1 aromatic heterocycles. The number of allylic oxidation sites excluding steroid dienone is 1. The average molecular weight is 323 g/mol. The fourth-order valence-corrected chi connectivity index (χ4v) is 3.04. The largest absolute Gasteiger partial charge is 0.465 e. The van der Waals surface area contributed by atoms with Gasteiger partial charge in [-0.05, 0) is 55.5 Å². The number of carbonyl (C=O) groups excluding carboxylic acids is 1. The van der Waals surface area contributed by atoms with Gasteiger partial charge in [-0.2, -0.15) is 0 Å². The second-order valence-corrected chi connectivity index (χ2v) is 5.73. The molecule has 0 spiro atoms. The van der Waals surface area contributed by atoms with Crippen molar-refractivity contribution in [3.63, 3.8) is 0 Å². The van der Waals surface area contributed by atoms with Crippen molar-refractivity contribution in [3.8, 4) is 11.3 Å². The van der Waals surface area contributed by atoms with E-state index in [1.807, 2.05) is 32.1 Å². The molecule has 0 aliphatic rings. The highest BCUT2D eigenvalue weighted by atomic mass is 16.5. The highest BCUT2D eigenvalue weighted by Gasteiger charge is 2.19. The normalized spacial score (nSPS) is 11.0. The van der Waals surface area contributed by atoms with Crippen molar-refractivity contribution in [2.24, 2.45) is 0 Å². The number of aryl methyl sites for hydroxylation is 3. The molecule has 0 saturated carbocycles. The monoisotopic (exact) mass is 323 g/mol. The Morgan fingerprint density at radius 2 is 1.83 bits per heavy atom. The molecule has 3 heteroatoms. The standard InChI is InChI=1S/C21H25NO2/c1-6-10-17-19(21(23)24-5)14(4)13-18(22-17)20-15(7-2)11-9-12-16(20)8-3/h6,9-13H,7-8H2,1-5H3/b10-6+. The number of carbonyl (C=O) groups is 1. The molecule has 0 aliphatic heterocycles. The van der Waals surface area contributed by atoms with Crippen molar-refractivity contribution in [1.82, 2.24) is 4.98 Å². The highest BCUT2D eigenvalue weighted by molar-refractivity contribution is 5.95. The molecule has 24 heavy (non-hydrogen) atoms. The molecule has 0 atom stereocenters. The van der Waals surface area contributed by atoms with Crippen LogP contribution in [0.1, 0.15) is 53.5 Å². The predicted molar refractivity (Wildman–Crippen MR) is 99.2 cm³/mol. The maximum atomic E-state index is 12.1. The third-order valence-electron chi connectivity index (χ3n) is 4.21. The quantitative estimate of drug-likeness (QED) is 0.727. The van der Waals surface area contributed by atoms with E-state index in [1.54, 1.807) is 0 Å². The lowest BCUT2D eigenvalue weighted by molar-refractivity contribution is 0.0599. The van der Waals surface area contributed by atoms with E-state index in [4.69, 9.17) is 9.72 Å². The van der Waals surface area contributed by atoms with E-state index in [2.05, 4.69) is 32.0 Å². The van der Waals surface area contributed by atoms with Crippen LogP contribution in [0.2, 0.25) is 0 Å². The number of aromatic nitrogens is 1. The topological polar surface area (TPSA) is 39.2 Å². The third kappa shape index (κ3) is 3.40. The molecule has 1 heterocycles. The van der Waals surface area contributed by atoms with Gasteiger partial charge in [0.25, 0.3) is 0 Å². The lowest BCUT2D eigenvalue weighted by Crippen LogP contribution is -2.09. The highest BCUT2D eigenvalue weighted by Crippen LogP contribution is 2.30. The van der Waals surface area contributed by atoms with E-state index in [0.29, 0.717) is 11.3 Å². The molecule has 0 radical (unpaired) electrons. The Morgan fingerprint density at radius 1 is 1.21 bits per heavy atom. The summed E-state index contributed by atoms with van der Waals surface area (Å²) in [6, 6.07) is 8.39. The molecule has 0 amide bonds. The van der Waals surface area contributed by atoms with E-state index >= 15 is 0 Å². The fourth-order valence-electron chi connectivity index (χ4n) is 3.04. The molecule has 0 unspecified atom stereocenters. The number of pyridine rings is 1. The van der Waals surface area contributed by atoms with Gasteiger partial charge in [-0.1, -0.05) is 38.1 Å². The number of benzene rings is 1. The van der Waals surface area contributed by atoms with Crippen LogP contribution in [0, 0.1) is 6.92 Å². The molecule has 0 N–H and O–H groups in total. The number of hydrogen-bond acceptors (Lipinski definition) is 3. The van der Waals surface area contributed by atoms with Gasteiger partial charge >= 0.3 is 5.97 Å². The SMILES string of the molecule is C/C=C/c1nc(-c2c(CC)cccc2CC)cc(C)c1C(=O)OC. The van der Waals surface area contributed by atoms with Crippen molar-refractivity contribution in [2.75, 3.05) is 7.11 Å². The molecule has 1 aromatic carbocycles. The summed E-state index contributed by atoms with van der Waals surface area (Å²) < 4.78 is 4.93. The third-order valence-corrected chi connectivity index (χ3v) is 4.21. The van der Waals surface area contributed by atoms with Gasteiger partial charge in [0.2, 0.25) is 0 Å². The van der Waals surface area contributed by atoms with Gasteiger partial charge in [-0.15, -0.1) is 0 Å². The number of hydrogen-bond donors (Lipinski definition) is 0. The van der Waals surface area contributed by atoms with E-state index in [1.165, 1.54) is 23.8 Å². The van der Waals surface area contributed by atoms with Gasteiger partial charge in [-0.25, -0.2) is 9.78 Å². The summed E-state index contributed by atoms with van der Waals surface area (Å²) in [5.74, 6) is -0.348. The van der Waals surface area contributed by atoms with E-state index in [0.717, 1.165) is 24.1 Å². The second-order valence-electron chi connectivity index (χ2n) is 5.73. The van der Waals surface area contributed by atoms with Crippen molar-refractivity contribution in [2.45, 2.75) is 40.5 Å². The Balaban J connectivity index is 2.76. The van der Waals surface area contributed by atoms with Crippen LogP contribution in [-0.4, -0.2) is 18.1 Å². The molecular formula is C21H25NO2. The van der Waals surface area contributed by atoms with Crippen LogP contribution in [0.3, 0.4) is 0 Å². The number of ether oxygens (including phenoxy) is 1. The smallest absolute Gasteiger partial charge is 0.340 e. The number of rotatable bonds is 5. The molecule has 0 aliphatic carbocycles. The van der Waals surface area contributed by atoms with E-state index in [9.17, 15) is 4.79 Å². The van der Waals surface area contributed by atoms with Crippen LogP contribution in [0.25, 0.3) is 17.3 Å². The van der Waals surface area contributed by atoms with Gasteiger partial charge in [-0.3, -0.25) is 0 Å². The first-order valence-corrected chi connectivity index (χ1v) is 8.41. The molecule has 126 valence electrons. The molecule has 0 saturated heterocycles. The van der Waals surface area contributed by atoms with Crippen LogP contribution in [0.15, 0.2) is 30.3 Å². The lowest BCUT2D eigenvalue weighted by Gasteiger charge is -2.16. The van der Waals surface area contributed by atoms with Gasteiger partial charge in [0, 0.05) is 5.56 Å². The van der Waals surface area contributed by atoms with Crippen LogP contribution < -0.4 is 0 Å². The Bertz CT molecular complexity index is 753. The predicted octanol–water partition coefficient (Wildman–Crippen LogP) is 5.00.